The highest BCUT2D eigenvalue weighted by molar-refractivity contribution is 7.13. The topological polar surface area (TPSA) is 80.1 Å². The second kappa shape index (κ2) is 11.1. The van der Waals surface area contributed by atoms with Crippen LogP contribution >= 0.6 is 11.3 Å². The Morgan fingerprint density at radius 2 is 1.77 bits per heavy atom. The number of carbonyl (C=O) groups excluding carboxylic acids is 1. The molecule has 7 nitrogen and oxygen atoms in total. The number of anilines is 1. The minimum absolute atomic E-state index is 0.151. The van der Waals surface area contributed by atoms with Gasteiger partial charge in [-0.05, 0) is 67.7 Å². The molecular formula is C31H28FN5O2S. The molecule has 0 spiro atoms. The molecule has 1 aliphatic rings. The van der Waals surface area contributed by atoms with Crippen molar-refractivity contribution in [1.29, 1.82) is 0 Å². The number of piperidine rings is 1. The Labute approximate surface area is 235 Å². The normalized spacial score (nSPS) is 15.2. The van der Waals surface area contributed by atoms with Crippen molar-refractivity contribution in [2.24, 2.45) is 0 Å². The van der Waals surface area contributed by atoms with Crippen LogP contribution in [0.5, 0.6) is 0 Å². The molecular weight excluding hydrogens is 525 g/mol. The summed E-state index contributed by atoms with van der Waals surface area (Å²) in [6.07, 6.45) is 5.09. The maximum absolute atomic E-state index is 16.1. The summed E-state index contributed by atoms with van der Waals surface area (Å²) in [5, 5.41) is 4.77. The van der Waals surface area contributed by atoms with Crippen molar-refractivity contribution in [1.82, 2.24) is 19.4 Å². The Balaban J connectivity index is 1.39. The Hall–Kier alpha value is -4.21. The molecule has 1 N–H and O–H groups in total. The fourth-order valence-electron chi connectivity index (χ4n) is 5.40. The molecule has 1 fully saturated rings. The minimum atomic E-state index is -1.06. The molecule has 1 atom stereocenters. The molecule has 3 aromatic carbocycles. The molecule has 2 aromatic heterocycles. The van der Waals surface area contributed by atoms with Gasteiger partial charge < -0.3 is 4.90 Å². The molecule has 202 valence electrons. The van der Waals surface area contributed by atoms with Gasteiger partial charge in [0.05, 0.1) is 11.8 Å². The van der Waals surface area contributed by atoms with Crippen LogP contribution < -0.4 is 10.9 Å². The van der Waals surface area contributed by atoms with Gasteiger partial charge in [-0.25, -0.2) is 14.4 Å². The summed E-state index contributed by atoms with van der Waals surface area (Å²) in [5.74, 6) is -0.623. The van der Waals surface area contributed by atoms with E-state index >= 15 is 4.39 Å². The lowest BCUT2D eigenvalue weighted by Gasteiger charge is -2.29. The summed E-state index contributed by atoms with van der Waals surface area (Å²) in [6, 6.07) is 19.1. The first-order valence-corrected chi connectivity index (χ1v) is 14.1. The second-order valence-corrected chi connectivity index (χ2v) is 11.0. The number of carbonyl (C=O) groups is 1. The Kier molecular flexibility index (Phi) is 7.23. The molecule has 0 aliphatic carbocycles. The molecule has 1 amide bonds. The fourth-order valence-corrected chi connectivity index (χ4v) is 5.93. The first-order chi connectivity index (χ1) is 19.5. The van der Waals surface area contributed by atoms with E-state index in [1.165, 1.54) is 27.8 Å². The molecule has 40 heavy (non-hydrogen) atoms. The largest absolute Gasteiger partial charge is 0.306 e. The number of nitrogens with zero attached hydrogens (tertiary/aromatic N) is 4. The van der Waals surface area contributed by atoms with Crippen molar-refractivity contribution in [3.8, 4) is 11.1 Å². The number of thiazole rings is 1. The van der Waals surface area contributed by atoms with E-state index < -0.39 is 23.3 Å². The molecule has 1 aliphatic heterocycles. The highest BCUT2D eigenvalue weighted by Crippen LogP contribution is 2.32. The van der Waals surface area contributed by atoms with Crippen molar-refractivity contribution in [2.45, 2.75) is 24.8 Å². The number of rotatable bonds is 6. The lowest BCUT2D eigenvalue weighted by atomic mass is 9.88. The third kappa shape index (κ3) is 5.05. The molecule has 0 bridgehead atoms. The van der Waals surface area contributed by atoms with E-state index in [0.29, 0.717) is 27.7 Å². The summed E-state index contributed by atoms with van der Waals surface area (Å²) in [4.78, 5) is 38.1. The van der Waals surface area contributed by atoms with E-state index in [9.17, 15) is 9.59 Å². The minimum Gasteiger partial charge on any atom is -0.306 e. The quantitative estimate of drug-likeness (QED) is 0.292. The molecule has 0 unspecified atom stereocenters. The van der Waals surface area contributed by atoms with Gasteiger partial charge in [0.25, 0.3) is 11.5 Å². The number of benzene rings is 3. The first kappa shape index (κ1) is 26.0. The monoisotopic (exact) mass is 553 g/mol. The predicted molar refractivity (Wildman–Crippen MR) is 156 cm³/mol. The summed E-state index contributed by atoms with van der Waals surface area (Å²) in [5.41, 5.74) is 2.43. The molecule has 0 saturated carbocycles. The molecule has 0 radical (unpaired) electrons. The lowest BCUT2D eigenvalue weighted by Crippen LogP contribution is -2.34. The van der Waals surface area contributed by atoms with Gasteiger partial charge in [0.15, 0.2) is 5.13 Å². The van der Waals surface area contributed by atoms with Crippen LogP contribution in [-0.4, -0.2) is 45.5 Å². The van der Waals surface area contributed by atoms with Crippen LogP contribution in [0.3, 0.4) is 0 Å². The van der Waals surface area contributed by atoms with Crippen molar-refractivity contribution in [2.75, 3.05) is 25.5 Å². The summed E-state index contributed by atoms with van der Waals surface area (Å²) in [6.45, 7) is 2.13. The maximum atomic E-state index is 16.1. The van der Waals surface area contributed by atoms with Crippen molar-refractivity contribution in [3.63, 3.8) is 0 Å². The fraction of sp³-hybridized carbons (Fsp3) is 0.226. The van der Waals surface area contributed by atoms with E-state index in [0.717, 1.165) is 25.9 Å². The molecule has 6 rings (SSSR count). The van der Waals surface area contributed by atoms with Crippen molar-refractivity contribution < 1.29 is 9.18 Å². The number of hydrogen-bond donors (Lipinski definition) is 1. The Bertz CT molecular complexity index is 1700. The van der Waals surface area contributed by atoms with Crippen LogP contribution in [-0.2, 0) is 4.79 Å². The van der Waals surface area contributed by atoms with Crippen LogP contribution in [0.2, 0.25) is 0 Å². The Morgan fingerprint density at radius 1 is 1.02 bits per heavy atom. The predicted octanol–water partition coefficient (Wildman–Crippen LogP) is 5.70. The zero-order valence-corrected chi connectivity index (χ0v) is 22.8. The van der Waals surface area contributed by atoms with Crippen LogP contribution in [0.25, 0.3) is 22.0 Å². The molecule has 3 heterocycles. The van der Waals surface area contributed by atoms with E-state index in [1.54, 1.807) is 48.0 Å². The van der Waals surface area contributed by atoms with Gasteiger partial charge in [-0.2, -0.15) is 0 Å². The van der Waals surface area contributed by atoms with Gasteiger partial charge >= 0.3 is 0 Å². The first-order valence-electron chi connectivity index (χ1n) is 13.2. The van der Waals surface area contributed by atoms with Gasteiger partial charge in [0, 0.05) is 17.1 Å². The van der Waals surface area contributed by atoms with E-state index in [2.05, 4.69) is 39.4 Å². The highest BCUT2D eigenvalue weighted by atomic mass is 32.1. The van der Waals surface area contributed by atoms with Gasteiger partial charge in [-0.3, -0.25) is 19.5 Å². The number of fused-ring (bicyclic) bond motifs is 1. The maximum Gasteiger partial charge on any atom is 0.265 e. The van der Waals surface area contributed by atoms with Crippen LogP contribution in [0.4, 0.5) is 9.52 Å². The highest BCUT2D eigenvalue weighted by Gasteiger charge is 2.27. The SMILES string of the molecule is CN1CCC(c2ccc(-c3ccc4ncn([C@@H](C(=O)Nc5nccs5)c5ccccc5)c(=O)c4c3F)cc2)CC1. The van der Waals surface area contributed by atoms with Gasteiger partial charge in [-0.15, -0.1) is 11.3 Å². The standard InChI is InChI=1S/C31H28FN5O2S/c1-36-16-13-21(14-17-36)20-7-9-22(10-8-20)24-11-12-25-26(27(24)32)30(39)37(19-34-25)28(23-5-3-2-4-6-23)29(38)35-31-33-15-18-40-31/h2-12,15,18-19,21,28H,13-14,16-17H2,1H3,(H,33,35,38)/t28-/m1/s1. The number of nitrogens with one attached hydrogen (secondary N) is 1. The Morgan fingerprint density at radius 3 is 2.48 bits per heavy atom. The third-order valence-corrected chi connectivity index (χ3v) is 8.29. The van der Waals surface area contributed by atoms with Gasteiger partial charge in [-0.1, -0.05) is 54.6 Å². The summed E-state index contributed by atoms with van der Waals surface area (Å²) >= 11 is 1.27. The second-order valence-electron chi connectivity index (χ2n) is 10.1. The molecule has 1 saturated heterocycles. The van der Waals surface area contributed by atoms with Crippen LogP contribution in [0.15, 0.2) is 89.4 Å². The zero-order chi connectivity index (χ0) is 27.6. The van der Waals surface area contributed by atoms with Gasteiger partial charge in [0.1, 0.15) is 17.2 Å². The number of amides is 1. The zero-order valence-electron chi connectivity index (χ0n) is 22.0. The van der Waals surface area contributed by atoms with Gasteiger partial charge in [0.2, 0.25) is 0 Å². The average Bonchev–Trinajstić information content (AvgIpc) is 3.49. The molecule has 9 heteroatoms. The van der Waals surface area contributed by atoms with E-state index in [-0.39, 0.29) is 10.9 Å². The smallest absolute Gasteiger partial charge is 0.265 e. The lowest BCUT2D eigenvalue weighted by molar-refractivity contribution is -0.118. The van der Waals surface area contributed by atoms with Crippen LogP contribution in [0.1, 0.15) is 35.9 Å². The van der Waals surface area contributed by atoms with E-state index in [4.69, 9.17) is 0 Å². The number of aromatic nitrogens is 3. The number of halogens is 1. The number of hydrogen-bond acceptors (Lipinski definition) is 6. The number of likely N-dealkylation sites (tertiary alicyclic amines) is 1. The van der Waals surface area contributed by atoms with E-state index in [1.807, 2.05) is 18.2 Å². The van der Waals surface area contributed by atoms with Crippen molar-refractivity contribution >= 4 is 33.3 Å². The van der Waals surface area contributed by atoms with Crippen molar-refractivity contribution in [3.05, 3.63) is 112 Å². The van der Waals surface area contributed by atoms with Crippen LogP contribution in [0, 0.1) is 5.82 Å². The average molecular weight is 554 g/mol. The molecule has 5 aromatic rings. The summed E-state index contributed by atoms with van der Waals surface area (Å²) < 4.78 is 17.3. The summed E-state index contributed by atoms with van der Waals surface area (Å²) in [7, 11) is 2.14. The third-order valence-electron chi connectivity index (χ3n) is 7.61.